The van der Waals surface area contributed by atoms with Crippen LogP contribution in [0, 0.1) is 20.8 Å². The van der Waals surface area contributed by atoms with E-state index in [0.717, 1.165) is 17.2 Å². The lowest BCUT2D eigenvalue weighted by Crippen LogP contribution is -2.03. The molecular weight excluding hydrogens is 340 g/mol. The lowest BCUT2D eigenvalue weighted by atomic mass is 10.1. The molecule has 1 aromatic heterocycles. The van der Waals surface area contributed by atoms with E-state index in [0.29, 0.717) is 17.4 Å². The Bertz CT molecular complexity index is 934. The zero-order valence-electron chi connectivity index (χ0n) is 16.3. The van der Waals surface area contributed by atoms with Gasteiger partial charge in [0, 0.05) is 23.6 Å². The normalized spacial score (nSPS) is 10.4. The van der Waals surface area contributed by atoms with E-state index in [1.807, 2.05) is 24.3 Å². The van der Waals surface area contributed by atoms with Gasteiger partial charge in [0.2, 0.25) is 5.95 Å². The van der Waals surface area contributed by atoms with Crippen LogP contribution in [0.25, 0.3) is 0 Å². The van der Waals surface area contributed by atoms with Crippen molar-refractivity contribution in [2.75, 3.05) is 24.9 Å². The fourth-order valence-corrected chi connectivity index (χ4v) is 3.04. The Kier molecular flexibility index (Phi) is 5.45. The van der Waals surface area contributed by atoms with E-state index in [4.69, 9.17) is 9.47 Å². The summed E-state index contributed by atoms with van der Waals surface area (Å²) in [7, 11) is 3.22. The quantitative estimate of drug-likeness (QED) is 0.648. The number of anilines is 4. The van der Waals surface area contributed by atoms with Gasteiger partial charge in [-0.05, 0) is 50.1 Å². The lowest BCUT2D eigenvalue weighted by Gasteiger charge is -2.14. The van der Waals surface area contributed by atoms with Crippen LogP contribution in [0.2, 0.25) is 0 Å². The topological polar surface area (TPSA) is 68.3 Å². The summed E-state index contributed by atoms with van der Waals surface area (Å²) in [5.74, 6) is 2.53. The van der Waals surface area contributed by atoms with Gasteiger partial charge in [0.15, 0.2) is 11.5 Å². The van der Waals surface area contributed by atoms with E-state index >= 15 is 0 Å². The van der Waals surface area contributed by atoms with Gasteiger partial charge in [-0.3, -0.25) is 0 Å². The van der Waals surface area contributed by atoms with Crippen LogP contribution in [0.3, 0.4) is 0 Å². The third-order valence-electron chi connectivity index (χ3n) is 4.23. The first kappa shape index (κ1) is 18.5. The summed E-state index contributed by atoms with van der Waals surface area (Å²) in [6.45, 7) is 6.28. The first-order valence-electron chi connectivity index (χ1n) is 8.67. The van der Waals surface area contributed by atoms with Crippen LogP contribution in [0.1, 0.15) is 16.7 Å². The summed E-state index contributed by atoms with van der Waals surface area (Å²) in [5, 5.41) is 6.60. The molecule has 6 heteroatoms. The molecule has 0 aliphatic heterocycles. The van der Waals surface area contributed by atoms with Gasteiger partial charge in [0.05, 0.1) is 14.2 Å². The molecule has 0 amide bonds. The number of nitrogens with zero attached hydrogens (tertiary/aromatic N) is 2. The van der Waals surface area contributed by atoms with Crippen molar-refractivity contribution in [2.45, 2.75) is 20.8 Å². The molecule has 0 saturated heterocycles. The van der Waals surface area contributed by atoms with Crippen molar-refractivity contribution in [1.82, 2.24) is 9.97 Å². The van der Waals surface area contributed by atoms with E-state index in [-0.39, 0.29) is 0 Å². The predicted molar refractivity (Wildman–Crippen MR) is 109 cm³/mol. The molecule has 2 N–H and O–H groups in total. The highest BCUT2D eigenvalue weighted by Crippen LogP contribution is 2.31. The molecule has 0 aliphatic carbocycles. The Hall–Kier alpha value is -3.28. The van der Waals surface area contributed by atoms with Crippen molar-refractivity contribution in [3.05, 3.63) is 59.3 Å². The van der Waals surface area contributed by atoms with Gasteiger partial charge in [0.1, 0.15) is 5.82 Å². The third kappa shape index (κ3) is 4.28. The summed E-state index contributed by atoms with van der Waals surface area (Å²) in [6.07, 6.45) is 1.72. The molecule has 3 aromatic rings. The average molecular weight is 364 g/mol. The summed E-state index contributed by atoms with van der Waals surface area (Å²) in [5.41, 5.74) is 5.49. The van der Waals surface area contributed by atoms with Crippen LogP contribution < -0.4 is 20.1 Å². The zero-order valence-corrected chi connectivity index (χ0v) is 16.3. The molecular formula is C21H24N4O2. The zero-order chi connectivity index (χ0) is 19.4. The Morgan fingerprint density at radius 1 is 0.815 bits per heavy atom. The van der Waals surface area contributed by atoms with Gasteiger partial charge < -0.3 is 20.1 Å². The largest absolute Gasteiger partial charge is 0.493 e. The molecule has 0 atom stereocenters. The SMILES string of the molecule is COc1ccc(Nc2nccc(Nc3c(C)cc(C)cc3C)n2)cc1OC. The maximum atomic E-state index is 5.34. The number of hydrogen-bond acceptors (Lipinski definition) is 6. The van der Waals surface area contributed by atoms with Gasteiger partial charge in [-0.25, -0.2) is 4.98 Å². The van der Waals surface area contributed by atoms with Crippen molar-refractivity contribution in [3.8, 4) is 11.5 Å². The van der Waals surface area contributed by atoms with E-state index in [9.17, 15) is 0 Å². The van der Waals surface area contributed by atoms with Gasteiger partial charge in [-0.15, -0.1) is 0 Å². The van der Waals surface area contributed by atoms with Crippen LogP contribution in [0.5, 0.6) is 11.5 Å². The van der Waals surface area contributed by atoms with Gasteiger partial charge in [-0.1, -0.05) is 17.7 Å². The van der Waals surface area contributed by atoms with E-state index < -0.39 is 0 Å². The summed E-state index contributed by atoms with van der Waals surface area (Å²) in [6, 6.07) is 11.7. The van der Waals surface area contributed by atoms with Crippen LogP contribution in [0.4, 0.5) is 23.1 Å². The Balaban J connectivity index is 1.82. The molecule has 0 spiro atoms. The molecule has 3 rings (SSSR count). The molecule has 27 heavy (non-hydrogen) atoms. The maximum absolute atomic E-state index is 5.34. The van der Waals surface area contributed by atoms with Gasteiger partial charge in [-0.2, -0.15) is 4.98 Å². The highest BCUT2D eigenvalue weighted by Gasteiger charge is 2.08. The smallest absolute Gasteiger partial charge is 0.229 e. The number of methoxy groups -OCH3 is 2. The Morgan fingerprint density at radius 2 is 1.52 bits per heavy atom. The number of hydrogen-bond donors (Lipinski definition) is 2. The summed E-state index contributed by atoms with van der Waals surface area (Å²) in [4.78, 5) is 8.86. The van der Waals surface area contributed by atoms with Crippen molar-refractivity contribution in [1.29, 1.82) is 0 Å². The van der Waals surface area contributed by atoms with Crippen LogP contribution in [0.15, 0.2) is 42.6 Å². The van der Waals surface area contributed by atoms with Gasteiger partial charge >= 0.3 is 0 Å². The summed E-state index contributed by atoms with van der Waals surface area (Å²) < 4.78 is 10.6. The molecule has 0 saturated carbocycles. The molecule has 0 radical (unpaired) electrons. The van der Waals surface area contributed by atoms with Crippen molar-refractivity contribution < 1.29 is 9.47 Å². The molecule has 2 aromatic carbocycles. The van der Waals surface area contributed by atoms with Crippen LogP contribution >= 0.6 is 0 Å². The number of ether oxygens (including phenoxy) is 2. The second-order valence-electron chi connectivity index (χ2n) is 6.36. The molecule has 0 unspecified atom stereocenters. The first-order valence-corrected chi connectivity index (χ1v) is 8.67. The number of aromatic nitrogens is 2. The molecule has 0 fully saturated rings. The minimum Gasteiger partial charge on any atom is -0.493 e. The first-order chi connectivity index (χ1) is 13.0. The molecule has 1 heterocycles. The van der Waals surface area contributed by atoms with Gasteiger partial charge in [0.25, 0.3) is 0 Å². The standard InChI is InChI=1S/C21H24N4O2/c1-13-10-14(2)20(15(3)11-13)24-19-8-9-22-21(25-19)23-16-6-7-17(26-4)18(12-16)27-5/h6-12H,1-5H3,(H2,22,23,24,25). The van der Waals surface area contributed by atoms with E-state index in [2.05, 4.69) is 53.5 Å². The molecule has 6 nitrogen and oxygen atoms in total. The molecule has 0 bridgehead atoms. The lowest BCUT2D eigenvalue weighted by molar-refractivity contribution is 0.355. The average Bonchev–Trinajstić information content (AvgIpc) is 2.65. The Labute approximate surface area is 159 Å². The summed E-state index contributed by atoms with van der Waals surface area (Å²) >= 11 is 0. The van der Waals surface area contributed by atoms with Crippen LogP contribution in [-0.4, -0.2) is 24.2 Å². The highest BCUT2D eigenvalue weighted by atomic mass is 16.5. The van der Waals surface area contributed by atoms with Crippen molar-refractivity contribution in [3.63, 3.8) is 0 Å². The fraction of sp³-hybridized carbons (Fsp3) is 0.238. The second kappa shape index (κ2) is 7.95. The number of aryl methyl sites for hydroxylation is 3. The Morgan fingerprint density at radius 3 is 2.19 bits per heavy atom. The molecule has 140 valence electrons. The fourth-order valence-electron chi connectivity index (χ4n) is 3.04. The second-order valence-corrected chi connectivity index (χ2v) is 6.36. The van der Waals surface area contributed by atoms with Crippen molar-refractivity contribution >= 4 is 23.1 Å². The maximum Gasteiger partial charge on any atom is 0.229 e. The number of benzene rings is 2. The van der Waals surface area contributed by atoms with Crippen molar-refractivity contribution in [2.24, 2.45) is 0 Å². The monoisotopic (exact) mass is 364 g/mol. The highest BCUT2D eigenvalue weighted by molar-refractivity contribution is 5.66. The number of rotatable bonds is 6. The number of nitrogens with one attached hydrogen (secondary N) is 2. The minimum absolute atomic E-state index is 0.495. The van der Waals surface area contributed by atoms with Crippen LogP contribution in [-0.2, 0) is 0 Å². The third-order valence-corrected chi connectivity index (χ3v) is 4.23. The molecule has 0 aliphatic rings. The van der Waals surface area contributed by atoms with E-state index in [1.165, 1.54) is 16.7 Å². The predicted octanol–water partition coefficient (Wildman–Crippen LogP) is 4.91. The van der Waals surface area contributed by atoms with E-state index in [1.54, 1.807) is 20.4 Å². The minimum atomic E-state index is 0.495.